The zero-order chi connectivity index (χ0) is 28.6. The summed E-state index contributed by atoms with van der Waals surface area (Å²) in [5, 5.41) is 0. The van der Waals surface area contributed by atoms with Crippen LogP contribution in [0.15, 0.2) is 76.9 Å². The lowest BCUT2D eigenvalue weighted by Crippen LogP contribution is -2.36. The smallest absolute Gasteiger partial charge is 0.416 e. The molecular weight excluding hydrogens is 526 g/mol. The van der Waals surface area contributed by atoms with Crippen molar-refractivity contribution in [3.8, 4) is 5.75 Å². The van der Waals surface area contributed by atoms with Crippen molar-refractivity contribution in [2.24, 2.45) is 0 Å². The van der Waals surface area contributed by atoms with Crippen LogP contribution in [0.4, 0.5) is 28.9 Å². The molecule has 4 nitrogen and oxygen atoms in total. The third kappa shape index (κ3) is 8.80. The molecule has 0 heterocycles. The van der Waals surface area contributed by atoms with Crippen molar-refractivity contribution in [2.75, 3.05) is 43.6 Å². The van der Waals surface area contributed by atoms with Gasteiger partial charge >= 0.3 is 6.18 Å². The summed E-state index contributed by atoms with van der Waals surface area (Å²) in [4.78, 5) is 4.94. The van der Waals surface area contributed by atoms with Crippen molar-refractivity contribution in [1.82, 2.24) is 4.90 Å². The maximum atomic E-state index is 14.8. The molecular formula is C30H37F4N3OS. The van der Waals surface area contributed by atoms with E-state index < -0.39 is 11.7 Å². The number of hydrogen-bond acceptors (Lipinski definition) is 5. The van der Waals surface area contributed by atoms with Crippen molar-refractivity contribution >= 4 is 23.1 Å². The molecule has 9 heteroatoms. The van der Waals surface area contributed by atoms with Crippen LogP contribution in [-0.4, -0.2) is 43.9 Å². The Morgan fingerprint density at radius 3 is 2.59 bits per heavy atom. The van der Waals surface area contributed by atoms with E-state index in [4.69, 9.17) is 10.5 Å². The molecule has 0 aromatic heterocycles. The third-order valence-electron chi connectivity index (χ3n) is 6.45. The monoisotopic (exact) mass is 563 g/mol. The normalized spacial score (nSPS) is 14.6. The standard InChI is InChI=1S/C30H37F4N3OS/c1-5-6-15-37(27-19-24(31)20-28(29(27)35)39-17-16-36(3)4)21(2)22-9-7-11-25(14-13-22)38-26-12-8-10-23(18-26)30(32,33)34/h7-12,14,18-21H,5-6,13,15-17,35H2,1-4H3. The number of thioether (sulfide) groups is 1. The summed E-state index contributed by atoms with van der Waals surface area (Å²) in [6, 6.07) is 7.73. The van der Waals surface area contributed by atoms with Crippen LogP contribution in [0.3, 0.4) is 0 Å². The van der Waals surface area contributed by atoms with E-state index in [1.165, 1.54) is 24.3 Å². The van der Waals surface area contributed by atoms with E-state index >= 15 is 0 Å². The molecule has 0 bridgehead atoms. The lowest BCUT2D eigenvalue weighted by Gasteiger charge is -2.34. The molecule has 0 spiro atoms. The summed E-state index contributed by atoms with van der Waals surface area (Å²) in [6.45, 7) is 5.72. The summed E-state index contributed by atoms with van der Waals surface area (Å²) in [5.41, 5.74) is 8.13. The van der Waals surface area contributed by atoms with Gasteiger partial charge in [-0.15, -0.1) is 11.8 Å². The van der Waals surface area contributed by atoms with E-state index in [2.05, 4.69) is 23.6 Å². The zero-order valence-electron chi connectivity index (χ0n) is 22.9. The number of unbranched alkanes of at least 4 members (excludes halogenated alkanes) is 1. The van der Waals surface area contributed by atoms with E-state index in [1.807, 2.05) is 32.3 Å². The molecule has 0 amide bonds. The predicted octanol–water partition coefficient (Wildman–Crippen LogP) is 7.92. The molecule has 0 aliphatic heterocycles. The van der Waals surface area contributed by atoms with E-state index in [1.54, 1.807) is 17.8 Å². The number of rotatable bonds is 12. The molecule has 2 aromatic rings. The van der Waals surface area contributed by atoms with Crippen molar-refractivity contribution < 1.29 is 22.3 Å². The number of allylic oxidation sites excluding steroid dienone is 4. The Hall–Kier alpha value is -2.91. The second-order valence-corrected chi connectivity index (χ2v) is 10.9. The summed E-state index contributed by atoms with van der Waals surface area (Å²) >= 11 is 1.54. The summed E-state index contributed by atoms with van der Waals surface area (Å²) < 4.78 is 59.8. The summed E-state index contributed by atoms with van der Waals surface area (Å²) in [7, 11) is 3.99. The van der Waals surface area contributed by atoms with Gasteiger partial charge in [0.1, 0.15) is 17.3 Å². The lowest BCUT2D eigenvalue weighted by molar-refractivity contribution is -0.137. The SMILES string of the molecule is CCCCN(c1cc(F)cc(SCCN(C)C)c1N)C(C)C1=CC=CC(Oc2cccc(C(F)(F)F)c2)=CC1. The summed E-state index contributed by atoms with van der Waals surface area (Å²) in [5.74, 6) is 1.04. The first-order chi connectivity index (χ1) is 18.5. The predicted molar refractivity (Wildman–Crippen MR) is 154 cm³/mol. The van der Waals surface area contributed by atoms with Crippen LogP contribution in [0, 0.1) is 5.82 Å². The molecule has 1 atom stereocenters. The largest absolute Gasteiger partial charge is 0.458 e. The van der Waals surface area contributed by atoms with E-state index in [0.29, 0.717) is 30.1 Å². The molecule has 2 N–H and O–H groups in total. The topological polar surface area (TPSA) is 41.7 Å². The van der Waals surface area contributed by atoms with Gasteiger partial charge in [0, 0.05) is 29.8 Å². The number of hydrogen-bond donors (Lipinski definition) is 1. The van der Waals surface area contributed by atoms with Gasteiger partial charge in [0.2, 0.25) is 0 Å². The first-order valence-corrected chi connectivity index (χ1v) is 14.0. The number of nitrogen functional groups attached to an aromatic ring is 1. The van der Waals surface area contributed by atoms with Crippen LogP contribution in [-0.2, 0) is 6.18 Å². The Morgan fingerprint density at radius 1 is 1.13 bits per heavy atom. The molecule has 0 fully saturated rings. The Morgan fingerprint density at radius 2 is 1.90 bits per heavy atom. The van der Waals surface area contributed by atoms with Gasteiger partial charge in [-0.3, -0.25) is 0 Å². The lowest BCUT2D eigenvalue weighted by atomic mass is 10.0. The molecule has 1 aliphatic rings. The Balaban J connectivity index is 1.81. The average Bonchev–Trinajstić information content (AvgIpc) is 3.11. The van der Waals surface area contributed by atoms with E-state index in [9.17, 15) is 17.6 Å². The highest BCUT2D eigenvalue weighted by Gasteiger charge is 2.30. The quantitative estimate of drug-likeness (QED) is 0.161. The molecule has 39 heavy (non-hydrogen) atoms. The molecule has 0 radical (unpaired) electrons. The van der Waals surface area contributed by atoms with Gasteiger partial charge in [-0.05, 0) is 81.9 Å². The second kappa shape index (κ2) is 13.9. The number of nitrogens with two attached hydrogens (primary N) is 1. The fourth-order valence-corrected chi connectivity index (χ4v) is 5.34. The average molecular weight is 564 g/mol. The van der Waals surface area contributed by atoms with Crippen LogP contribution in [0.25, 0.3) is 0 Å². The molecule has 3 rings (SSSR count). The Kier molecular flexibility index (Phi) is 10.9. The third-order valence-corrected chi connectivity index (χ3v) is 7.49. The van der Waals surface area contributed by atoms with E-state index in [-0.39, 0.29) is 17.6 Å². The van der Waals surface area contributed by atoms with Crippen LogP contribution in [0.1, 0.15) is 38.7 Å². The number of ether oxygens (including phenoxy) is 1. The van der Waals surface area contributed by atoms with Crippen molar-refractivity contribution in [2.45, 2.75) is 50.2 Å². The number of anilines is 2. The fraction of sp³-hybridized carbons (Fsp3) is 0.400. The number of halogens is 4. The highest BCUT2D eigenvalue weighted by molar-refractivity contribution is 7.99. The number of nitrogens with zero attached hydrogens (tertiary/aromatic N) is 2. The first kappa shape index (κ1) is 30.6. The molecule has 1 aliphatic carbocycles. The van der Waals surface area contributed by atoms with Gasteiger partial charge in [-0.1, -0.05) is 31.6 Å². The van der Waals surface area contributed by atoms with Gasteiger partial charge in [0.15, 0.2) is 0 Å². The minimum atomic E-state index is -4.44. The number of alkyl halides is 3. The zero-order valence-corrected chi connectivity index (χ0v) is 23.7. The van der Waals surface area contributed by atoms with Crippen LogP contribution < -0.4 is 15.4 Å². The van der Waals surface area contributed by atoms with Gasteiger partial charge in [0.25, 0.3) is 0 Å². The number of benzene rings is 2. The van der Waals surface area contributed by atoms with Crippen molar-refractivity contribution in [3.05, 3.63) is 83.4 Å². The molecule has 1 unspecified atom stereocenters. The Bertz CT molecular complexity index is 1210. The maximum Gasteiger partial charge on any atom is 0.416 e. The summed E-state index contributed by atoms with van der Waals surface area (Å²) in [6.07, 6.45) is 5.34. The van der Waals surface area contributed by atoms with Gasteiger partial charge in [-0.25, -0.2) is 4.39 Å². The maximum absolute atomic E-state index is 14.8. The molecule has 2 aromatic carbocycles. The second-order valence-electron chi connectivity index (χ2n) is 9.75. The van der Waals surface area contributed by atoms with Crippen molar-refractivity contribution in [3.63, 3.8) is 0 Å². The van der Waals surface area contributed by atoms with Gasteiger partial charge in [-0.2, -0.15) is 13.2 Å². The highest BCUT2D eigenvalue weighted by atomic mass is 32.2. The van der Waals surface area contributed by atoms with Crippen LogP contribution in [0.5, 0.6) is 5.75 Å². The van der Waals surface area contributed by atoms with E-state index in [0.717, 1.165) is 47.7 Å². The highest BCUT2D eigenvalue weighted by Crippen LogP contribution is 2.37. The minimum absolute atomic E-state index is 0.103. The molecule has 0 saturated heterocycles. The van der Waals surface area contributed by atoms with Crippen LogP contribution >= 0.6 is 11.8 Å². The van der Waals surface area contributed by atoms with Crippen LogP contribution in [0.2, 0.25) is 0 Å². The molecule has 212 valence electrons. The minimum Gasteiger partial charge on any atom is -0.458 e. The molecule has 0 saturated carbocycles. The van der Waals surface area contributed by atoms with Crippen molar-refractivity contribution in [1.29, 1.82) is 0 Å². The first-order valence-electron chi connectivity index (χ1n) is 13.0. The van der Waals surface area contributed by atoms with Gasteiger partial charge < -0.3 is 20.3 Å². The Labute approximate surface area is 233 Å². The van der Waals surface area contributed by atoms with Gasteiger partial charge in [0.05, 0.1) is 16.9 Å². The fourth-order valence-electron chi connectivity index (χ4n) is 4.20.